The van der Waals surface area contributed by atoms with Crippen molar-refractivity contribution in [2.45, 2.75) is 64.6 Å². The molecule has 0 aromatic carbocycles. The topological polar surface area (TPSA) is 52.6 Å². The lowest BCUT2D eigenvalue weighted by Crippen LogP contribution is -2.18. The summed E-state index contributed by atoms with van der Waals surface area (Å²) in [5, 5.41) is 0. The molecule has 4 heteroatoms. The summed E-state index contributed by atoms with van der Waals surface area (Å²) in [5.41, 5.74) is 0. The van der Waals surface area contributed by atoms with Gasteiger partial charge in [-0.25, -0.2) is 9.59 Å². The highest BCUT2D eigenvalue weighted by Crippen LogP contribution is 2.12. The molecule has 0 radical (unpaired) electrons. The first-order valence-corrected chi connectivity index (χ1v) is 8.70. The SMILES string of the molecule is CC/C=C\C[C@@H]1CC=CC(=O)O1.CC/C=C\C[C@H]1CC=CC(=O)O1. The van der Waals surface area contributed by atoms with Gasteiger partial charge in [0.05, 0.1) is 0 Å². The van der Waals surface area contributed by atoms with Crippen LogP contribution in [0, 0.1) is 0 Å². The van der Waals surface area contributed by atoms with Crippen LogP contribution in [0.25, 0.3) is 0 Å². The van der Waals surface area contributed by atoms with E-state index in [1.807, 2.05) is 12.2 Å². The molecule has 0 unspecified atom stereocenters. The molecule has 2 aliphatic rings. The summed E-state index contributed by atoms with van der Waals surface area (Å²) in [6, 6.07) is 0. The predicted octanol–water partition coefficient (Wildman–Crippen LogP) is 4.43. The molecule has 0 amide bonds. The van der Waals surface area contributed by atoms with Crippen LogP contribution >= 0.6 is 0 Å². The average molecular weight is 332 g/mol. The van der Waals surface area contributed by atoms with Crippen molar-refractivity contribution in [1.82, 2.24) is 0 Å². The van der Waals surface area contributed by atoms with Crippen molar-refractivity contribution in [1.29, 1.82) is 0 Å². The van der Waals surface area contributed by atoms with Crippen molar-refractivity contribution in [3.63, 3.8) is 0 Å². The molecule has 2 rings (SSSR count). The zero-order valence-corrected chi connectivity index (χ0v) is 14.6. The first-order valence-electron chi connectivity index (χ1n) is 8.70. The van der Waals surface area contributed by atoms with E-state index >= 15 is 0 Å². The highest BCUT2D eigenvalue weighted by Gasteiger charge is 2.14. The van der Waals surface area contributed by atoms with Crippen LogP contribution < -0.4 is 0 Å². The van der Waals surface area contributed by atoms with Crippen molar-refractivity contribution in [2.24, 2.45) is 0 Å². The highest BCUT2D eigenvalue weighted by atomic mass is 16.5. The summed E-state index contributed by atoms with van der Waals surface area (Å²) in [6.45, 7) is 4.17. The third-order valence-corrected chi connectivity index (χ3v) is 3.47. The Morgan fingerprint density at radius 2 is 1.25 bits per heavy atom. The molecule has 24 heavy (non-hydrogen) atoms. The van der Waals surface area contributed by atoms with Crippen LogP contribution in [0.5, 0.6) is 0 Å². The summed E-state index contributed by atoms with van der Waals surface area (Å²) in [6.07, 6.45) is 20.6. The van der Waals surface area contributed by atoms with Crippen LogP contribution in [0.4, 0.5) is 0 Å². The second-order valence-electron chi connectivity index (χ2n) is 5.62. The smallest absolute Gasteiger partial charge is 0.330 e. The molecule has 0 aromatic rings. The predicted molar refractivity (Wildman–Crippen MR) is 95.4 cm³/mol. The largest absolute Gasteiger partial charge is 0.459 e. The Labute approximate surface area is 144 Å². The molecule has 0 fully saturated rings. The second-order valence-corrected chi connectivity index (χ2v) is 5.62. The molecule has 4 nitrogen and oxygen atoms in total. The van der Waals surface area contributed by atoms with E-state index in [9.17, 15) is 9.59 Å². The maximum Gasteiger partial charge on any atom is 0.330 e. The Bertz CT molecular complexity index is 454. The molecule has 0 aromatic heterocycles. The van der Waals surface area contributed by atoms with Crippen LogP contribution in [0.1, 0.15) is 52.4 Å². The van der Waals surface area contributed by atoms with Crippen LogP contribution in [0.3, 0.4) is 0 Å². The number of hydrogen-bond donors (Lipinski definition) is 0. The van der Waals surface area contributed by atoms with Gasteiger partial charge in [-0.15, -0.1) is 0 Å². The lowest BCUT2D eigenvalue weighted by molar-refractivity contribution is -0.144. The van der Waals surface area contributed by atoms with Crippen LogP contribution in [0.2, 0.25) is 0 Å². The van der Waals surface area contributed by atoms with Crippen LogP contribution in [-0.2, 0) is 19.1 Å². The lowest BCUT2D eigenvalue weighted by Gasteiger charge is -2.16. The van der Waals surface area contributed by atoms with E-state index in [-0.39, 0.29) is 24.1 Å². The normalized spacial score (nSPS) is 23.1. The highest BCUT2D eigenvalue weighted by molar-refractivity contribution is 5.83. The molecule has 2 aliphatic heterocycles. The van der Waals surface area contributed by atoms with Gasteiger partial charge in [0.25, 0.3) is 0 Å². The number of cyclic esters (lactones) is 2. The summed E-state index contributed by atoms with van der Waals surface area (Å²) < 4.78 is 10.1. The van der Waals surface area contributed by atoms with E-state index < -0.39 is 0 Å². The van der Waals surface area contributed by atoms with Crippen molar-refractivity contribution in [2.75, 3.05) is 0 Å². The standard InChI is InChI=1S/2C10H14O2/c2*1-2-3-4-6-9-7-5-8-10(11)12-9/h2*3-5,8-9H,2,6-7H2,1H3/b2*4-3-/t2*9-/m10/s1. The van der Waals surface area contributed by atoms with Gasteiger partial charge < -0.3 is 9.47 Å². The third kappa shape index (κ3) is 9.13. The van der Waals surface area contributed by atoms with Gasteiger partial charge in [0, 0.05) is 37.8 Å². The molecule has 0 saturated heterocycles. The molecular weight excluding hydrogens is 304 g/mol. The molecule has 0 saturated carbocycles. The van der Waals surface area contributed by atoms with Crippen LogP contribution in [-0.4, -0.2) is 24.1 Å². The van der Waals surface area contributed by atoms with Crippen molar-refractivity contribution >= 4 is 11.9 Å². The second kappa shape index (κ2) is 12.3. The molecule has 0 bridgehead atoms. The third-order valence-electron chi connectivity index (χ3n) is 3.47. The molecule has 2 atom stereocenters. The first-order chi connectivity index (χ1) is 11.7. The van der Waals surface area contributed by atoms with E-state index in [1.54, 1.807) is 0 Å². The Morgan fingerprint density at radius 3 is 1.58 bits per heavy atom. The zero-order valence-electron chi connectivity index (χ0n) is 14.6. The van der Waals surface area contributed by atoms with E-state index in [1.165, 1.54) is 12.2 Å². The lowest BCUT2D eigenvalue weighted by atomic mass is 10.1. The zero-order chi connectivity index (χ0) is 17.6. The number of ether oxygens (including phenoxy) is 2. The van der Waals surface area contributed by atoms with Gasteiger partial charge in [-0.05, 0) is 12.8 Å². The van der Waals surface area contributed by atoms with Gasteiger partial charge in [-0.2, -0.15) is 0 Å². The fourth-order valence-corrected chi connectivity index (χ4v) is 2.25. The minimum atomic E-state index is -0.212. The molecule has 0 spiro atoms. The molecule has 132 valence electrons. The molecule has 0 N–H and O–H groups in total. The maximum atomic E-state index is 10.8. The Morgan fingerprint density at radius 1 is 0.833 bits per heavy atom. The molecule has 2 heterocycles. The van der Waals surface area contributed by atoms with Gasteiger partial charge in [-0.1, -0.05) is 50.3 Å². The summed E-state index contributed by atoms with van der Waals surface area (Å²) in [7, 11) is 0. The minimum absolute atomic E-state index is 0.0605. The summed E-state index contributed by atoms with van der Waals surface area (Å²) in [4.78, 5) is 21.5. The van der Waals surface area contributed by atoms with Crippen molar-refractivity contribution in [3.8, 4) is 0 Å². The number of allylic oxidation sites excluding steroid dienone is 2. The fraction of sp³-hybridized carbons (Fsp3) is 0.500. The number of carbonyl (C=O) groups excluding carboxylic acids is 2. The van der Waals surface area contributed by atoms with Crippen molar-refractivity contribution in [3.05, 3.63) is 48.6 Å². The Balaban J connectivity index is 0.000000240. The van der Waals surface area contributed by atoms with Gasteiger partial charge in [0.15, 0.2) is 0 Å². The summed E-state index contributed by atoms with van der Waals surface area (Å²) >= 11 is 0. The van der Waals surface area contributed by atoms with Crippen molar-refractivity contribution < 1.29 is 19.1 Å². The quantitative estimate of drug-likeness (QED) is 0.533. The number of rotatable bonds is 6. The van der Waals surface area contributed by atoms with Gasteiger partial charge >= 0.3 is 11.9 Å². The first kappa shape index (κ1) is 19.9. The van der Waals surface area contributed by atoms with E-state index in [0.29, 0.717) is 0 Å². The monoisotopic (exact) mass is 332 g/mol. The minimum Gasteiger partial charge on any atom is -0.459 e. The van der Waals surface area contributed by atoms with E-state index in [4.69, 9.17) is 9.47 Å². The number of carbonyl (C=O) groups is 2. The number of esters is 2. The molecular formula is C20H28O4. The fourth-order valence-electron chi connectivity index (χ4n) is 2.25. The Kier molecular flexibility index (Phi) is 10.3. The average Bonchev–Trinajstić information content (AvgIpc) is 2.56. The summed E-state index contributed by atoms with van der Waals surface area (Å²) in [5.74, 6) is -0.424. The van der Waals surface area contributed by atoms with E-state index in [0.717, 1.165) is 38.5 Å². The maximum absolute atomic E-state index is 10.8. The van der Waals surface area contributed by atoms with E-state index in [2.05, 4.69) is 38.2 Å². The Hall–Kier alpha value is -2.10. The van der Waals surface area contributed by atoms with Gasteiger partial charge in [0.2, 0.25) is 0 Å². The number of hydrogen-bond acceptors (Lipinski definition) is 4. The van der Waals surface area contributed by atoms with Crippen LogP contribution in [0.15, 0.2) is 48.6 Å². The molecule has 0 aliphatic carbocycles. The van der Waals surface area contributed by atoms with Gasteiger partial charge in [0.1, 0.15) is 12.2 Å². The van der Waals surface area contributed by atoms with Gasteiger partial charge in [-0.3, -0.25) is 0 Å².